The van der Waals surface area contributed by atoms with Crippen LogP contribution in [0.25, 0.3) is 11.3 Å². The minimum atomic E-state index is -0.870. The first-order chi connectivity index (χ1) is 10.6. The number of pyridine rings is 2. The van der Waals surface area contributed by atoms with Crippen LogP contribution in [0.1, 0.15) is 0 Å². The molecule has 1 fully saturated rings. The van der Waals surface area contributed by atoms with E-state index in [2.05, 4.69) is 14.9 Å². The summed E-state index contributed by atoms with van der Waals surface area (Å²) in [7, 11) is 0. The summed E-state index contributed by atoms with van der Waals surface area (Å²) in [6.07, 6.45) is 0.865. The average Bonchev–Trinajstić information content (AvgIpc) is 2.55. The van der Waals surface area contributed by atoms with Gasteiger partial charge in [0.15, 0.2) is 0 Å². The van der Waals surface area contributed by atoms with Gasteiger partial charge in [-0.15, -0.1) is 0 Å². The number of anilines is 2. The summed E-state index contributed by atoms with van der Waals surface area (Å²) in [5.41, 5.74) is 7.46. The molecule has 7 nitrogen and oxygen atoms in total. The highest BCUT2D eigenvalue weighted by Gasteiger charge is 2.21. The fourth-order valence-corrected chi connectivity index (χ4v) is 2.49. The number of hydrogen-bond donors (Lipinski definition) is 2. The van der Waals surface area contributed by atoms with E-state index in [0.29, 0.717) is 32.0 Å². The molecule has 0 bridgehead atoms. The van der Waals surface area contributed by atoms with Crippen LogP contribution in [0.4, 0.5) is 16.4 Å². The Hall–Kier alpha value is -2.83. The lowest BCUT2D eigenvalue weighted by Crippen LogP contribution is -2.48. The maximum absolute atomic E-state index is 10.9. The minimum Gasteiger partial charge on any atom is -0.465 e. The van der Waals surface area contributed by atoms with Crippen molar-refractivity contribution in [3.05, 3.63) is 36.5 Å². The average molecular weight is 299 g/mol. The minimum absolute atomic E-state index is 0.478. The number of nitrogens with two attached hydrogens (primary N) is 1. The van der Waals surface area contributed by atoms with Crippen LogP contribution in [0, 0.1) is 0 Å². The zero-order chi connectivity index (χ0) is 15.5. The highest BCUT2D eigenvalue weighted by atomic mass is 16.4. The topological polar surface area (TPSA) is 95.6 Å². The lowest BCUT2D eigenvalue weighted by molar-refractivity contribution is 0.142. The molecule has 1 aliphatic heterocycles. The van der Waals surface area contributed by atoms with Crippen molar-refractivity contribution >= 4 is 17.7 Å². The highest BCUT2D eigenvalue weighted by Crippen LogP contribution is 2.22. The Morgan fingerprint density at radius 3 is 2.64 bits per heavy atom. The predicted molar refractivity (Wildman–Crippen MR) is 83.7 cm³/mol. The highest BCUT2D eigenvalue weighted by molar-refractivity contribution is 5.66. The van der Waals surface area contributed by atoms with Crippen LogP contribution in [-0.4, -0.2) is 52.2 Å². The molecule has 7 heteroatoms. The molecule has 0 radical (unpaired) electrons. The van der Waals surface area contributed by atoms with E-state index in [4.69, 9.17) is 10.8 Å². The Balaban J connectivity index is 1.79. The number of rotatable bonds is 2. The molecule has 0 spiro atoms. The van der Waals surface area contributed by atoms with Crippen LogP contribution in [0.3, 0.4) is 0 Å². The van der Waals surface area contributed by atoms with Gasteiger partial charge in [0, 0.05) is 37.9 Å². The molecule has 22 heavy (non-hydrogen) atoms. The van der Waals surface area contributed by atoms with Gasteiger partial charge in [-0.1, -0.05) is 6.07 Å². The van der Waals surface area contributed by atoms with Crippen molar-refractivity contribution in [2.45, 2.75) is 0 Å². The van der Waals surface area contributed by atoms with E-state index in [1.165, 1.54) is 4.90 Å². The lowest BCUT2D eigenvalue weighted by Gasteiger charge is -2.33. The Labute approximate surface area is 128 Å². The largest absolute Gasteiger partial charge is 0.465 e. The van der Waals surface area contributed by atoms with Gasteiger partial charge in [0.05, 0.1) is 5.69 Å². The van der Waals surface area contributed by atoms with Gasteiger partial charge in [-0.3, -0.25) is 0 Å². The Morgan fingerprint density at radius 2 is 1.95 bits per heavy atom. The molecule has 3 N–H and O–H groups in total. The molecule has 0 unspecified atom stereocenters. The second kappa shape index (κ2) is 5.88. The normalized spacial score (nSPS) is 14.9. The molecule has 3 heterocycles. The summed E-state index contributed by atoms with van der Waals surface area (Å²) in [4.78, 5) is 23.1. The van der Waals surface area contributed by atoms with Gasteiger partial charge in [0.2, 0.25) is 0 Å². The van der Waals surface area contributed by atoms with Crippen LogP contribution >= 0.6 is 0 Å². The predicted octanol–water partition coefficient (Wildman–Crippen LogP) is 1.53. The summed E-state index contributed by atoms with van der Waals surface area (Å²) in [5.74, 6) is 1.30. The van der Waals surface area contributed by atoms with Gasteiger partial charge in [-0.25, -0.2) is 14.8 Å². The van der Waals surface area contributed by atoms with E-state index in [0.717, 1.165) is 17.1 Å². The number of aromatic nitrogens is 2. The van der Waals surface area contributed by atoms with Gasteiger partial charge in [-0.2, -0.15) is 0 Å². The smallest absolute Gasteiger partial charge is 0.407 e. The van der Waals surface area contributed by atoms with Gasteiger partial charge < -0.3 is 20.6 Å². The van der Waals surface area contributed by atoms with Crippen LogP contribution < -0.4 is 10.6 Å². The third-order valence-corrected chi connectivity index (χ3v) is 3.69. The lowest BCUT2D eigenvalue weighted by atomic mass is 10.1. The molecule has 1 saturated heterocycles. The zero-order valence-electron chi connectivity index (χ0n) is 12.0. The molecule has 0 aliphatic carbocycles. The van der Waals surface area contributed by atoms with Crippen molar-refractivity contribution in [2.75, 3.05) is 36.8 Å². The van der Waals surface area contributed by atoms with E-state index in [-0.39, 0.29) is 0 Å². The Morgan fingerprint density at radius 1 is 1.18 bits per heavy atom. The SMILES string of the molecule is Nc1cccc(-c2ccnc(N3CCN(C(=O)O)CC3)c2)n1. The molecule has 1 amide bonds. The van der Waals surface area contributed by atoms with Crippen molar-refractivity contribution in [1.82, 2.24) is 14.9 Å². The number of nitrogens with zero attached hydrogens (tertiary/aromatic N) is 4. The summed E-state index contributed by atoms with van der Waals surface area (Å²) >= 11 is 0. The van der Waals surface area contributed by atoms with E-state index >= 15 is 0 Å². The van der Waals surface area contributed by atoms with Crippen molar-refractivity contribution in [1.29, 1.82) is 0 Å². The number of carboxylic acid groups (broad SMARTS) is 1. The zero-order valence-corrected chi connectivity index (χ0v) is 12.0. The van der Waals surface area contributed by atoms with Crippen LogP contribution in [0.15, 0.2) is 36.5 Å². The standard InChI is InChI=1S/C15H17N5O2/c16-13-3-1-2-12(18-13)11-4-5-17-14(10-11)19-6-8-20(9-7-19)15(21)22/h1-5,10H,6-9H2,(H2,16,18)(H,21,22). The molecule has 3 rings (SSSR count). The van der Waals surface area contributed by atoms with E-state index in [1.807, 2.05) is 24.3 Å². The fourth-order valence-electron chi connectivity index (χ4n) is 2.49. The van der Waals surface area contributed by atoms with E-state index in [1.54, 1.807) is 12.3 Å². The molecule has 1 aliphatic rings. The quantitative estimate of drug-likeness (QED) is 0.873. The third kappa shape index (κ3) is 2.93. The Kier molecular flexibility index (Phi) is 3.78. The summed E-state index contributed by atoms with van der Waals surface area (Å²) in [6, 6.07) is 9.36. The van der Waals surface area contributed by atoms with E-state index in [9.17, 15) is 4.79 Å². The van der Waals surface area contributed by atoms with Crippen molar-refractivity contribution < 1.29 is 9.90 Å². The maximum Gasteiger partial charge on any atom is 0.407 e. The van der Waals surface area contributed by atoms with Gasteiger partial charge >= 0.3 is 6.09 Å². The molecule has 0 atom stereocenters. The van der Waals surface area contributed by atoms with Gasteiger partial charge in [0.25, 0.3) is 0 Å². The molecular formula is C15H17N5O2. The molecule has 0 aromatic carbocycles. The molecular weight excluding hydrogens is 282 g/mol. The molecule has 2 aromatic heterocycles. The van der Waals surface area contributed by atoms with Crippen LogP contribution in [-0.2, 0) is 0 Å². The van der Waals surface area contributed by atoms with Gasteiger partial charge in [0.1, 0.15) is 11.6 Å². The number of amides is 1. The number of piperazine rings is 1. The van der Waals surface area contributed by atoms with Crippen LogP contribution in [0.2, 0.25) is 0 Å². The molecule has 0 saturated carbocycles. The first kappa shape index (κ1) is 14.1. The Bertz CT molecular complexity index is 683. The van der Waals surface area contributed by atoms with Crippen molar-refractivity contribution in [3.63, 3.8) is 0 Å². The summed E-state index contributed by atoms with van der Waals surface area (Å²) in [6.45, 7) is 2.23. The van der Waals surface area contributed by atoms with Crippen molar-refractivity contribution in [2.24, 2.45) is 0 Å². The van der Waals surface area contributed by atoms with Crippen LogP contribution in [0.5, 0.6) is 0 Å². The number of carbonyl (C=O) groups is 1. The summed E-state index contributed by atoms with van der Waals surface area (Å²) in [5, 5.41) is 8.99. The second-order valence-corrected chi connectivity index (χ2v) is 5.11. The molecule has 114 valence electrons. The monoisotopic (exact) mass is 299 g/mol. The maximum atomic E-state index is 10.9. The molecule has 2 aromatic rings. The fraction of sp³-hybridized carbons (Fsp3) is 0.267. The van der Waals surface area contributed by atoms with Crippen molar-refractivity contribution in [3.8, 4) is 11.3 Å². The first-order valence-corrected chi connectivity index (χ1v) is 7.05. The van der Waals surface area contributed by atoms with E-state index < -0.39 is 6.09 Å². The third-order valence-electron chi connectivity index (χ3n) is 3.69. The summed E-state index contributed by atoms with van der Waals surface area (Å²) < 4.78 is 0. The second-order valence-electron chi connectivity index (χ2n) is 5.11. The number of nitrogen functional groups attached to an aromatic ring is 1. The van der Waals surface area contributed by atoms with Gasteiger partial charge in [-0.05, 0) is 24.3 Å². The number of hydrogen-bond acceptors (Lipinski definition) is 5. The first-order valence-electron chi connectivity index (χ1n) is 7.05.